The summed E-state index contributed by atoms with van der Waals surface area (Å²) in [5.41, 5.74) is 3.04. The third-order valence-electron chi connectivity index (χ3n) is 3.27. The predicted molar refractivity (Wildman–Crippen MR) is 98.6 cm³/mol. The molecule has 0 saturated carbocycles. The van der Waals surface area contributed by atoms with E-state index in [1.807, 2.05) is 55.5 Å². The van der Waals surface area contributed by atoms with E-state index in [2.05, 4.69) is 36.5 Å². The van der Waals surface area contributed by atoms with Gasteiger partial charge in [0.15, 0.2) is 0 Å². The van der Waals surface area contributed by atoms with Crippen LogP contribution in [0.1, 0.15) is 16.1 Å². The van der Waals surface area contributed by atoms with Crippen LogP contribution in [0.3, 0.4) is 0 Å². The third-order valence-corrected chi connectivity index (χ3v) is 3.77. The fourth-order valence-electron chi connectivity index (χ4n) is 2.18. The maximum Gasteiger partial charge on any atom is 0.274 e. The van der Waals surface area contributed by atoms with E-state index in [4.69, 9.17) is 0 Å². The van der Waals surface area contributed by atoms with Crippen LogP contribution in [-0.2, 0) is 0 Å². The molecular formula is C18H15BrN4O. The molecule has 1 aromatic heterocycles. The van der Waals surface area contributed by atoms with Gasteiger partial charge in [-0.15, -0.1) is 0 Å². The number of nitrogens with zero attached hydrogens (tertiary/aromatic N) is 2. The molecule has 0 spiro atoms. The fraction of sp³-hybridized carbons (Fsp3) is 0.0556. The van der Waals surface area contributed by atoms with E-state index in [0.29, 0.717) is 17.2 Å². The minimum absolute atomic E-state index is 0.289. The Bertz CT molecular complexity index is 882. The lowest BCUT2D eigenvalue weighted by molar-refractivity contribution is 0.102. The van der Waals surface area contributed by atoms with Crippen LogP contribution < -0.4 is 10.6 Å². The molecule has 0 unspecified atom stereocenters. The zero-order valence-electron chi connectivity index (χ0n) is 13.0. The first-order valence-corrected chi connectivity index (χ1v) is 8.12. The third kappa shape index (κ3) is 4.17. The van der Waals surface area contributed by atoms with E-state index in [1.54, 1.807) is 6.07 Å². The molecule has 0 atom stereocenters. The van der Waals surface area contributed by atoms with Crippen LogP contribution in [-0.4, -0.2) is 15.9 Å². The molecule has 0 fully saturated rings. The summed E-state index contributed by atoms with van der Waals surface area (Å²) >= 11 is 3.38. The van der Waals surface area contributed by atoms with Gasteiger partial charge >= 0.3 is 0 Å². The first-order valence-electron chi connectivity index (χ1n) is 7.33. The Kier molecular flexibility index (Phi) is 4.86. The van der Waals surface area contributed by atoms with Gasteiger partial charge in [0.25, 0.3) is 5.91 Å². The molecule has 5 nitrogen and oxygen atoms in total. The number of aromatic nitrogens is 2. The Morgan fingerprint density at radius 1 is 1.00 bits per heavy atom. The summed E-state index contributed by atoms with van der Waals surface area (Å²) in [7, 11) is 0. The zero-order valence-corrected chi connectivity index (χ0v) is 14.5. The van der Waals surface area contributed by atoms with Gasteiger partial charge in [-0.3, -0.25) is 4.79 Å². The summed E-state index contributed by atoms with van der Waals surface area (Å²) in [5.74, 6) is 0.276. The number of nitrogens with one attached hydrogen (secondary N) is 2. The molecule has 0 aliphatic rings. The molecule has 0 saturated heterocycles. The molecule has 3 rings (SSSR count). The van der Waals surface area contributed by atoms with Crippen molar-refractivity contribution in [3.63, 3.8) is 0 Å². The maximum atomic E-state index is 12.3. The highest BCUT2D eigenvalue weighted by Crippen LogP contribution is 2.18. The number of anilines is 3. The van der Waals surface area contributed by atoms with Crippen LogP contribution >= 0.6 is 15.9 Å². The molecule has 1 amide bonds. The molecule has 0 radical (unpaired) electrons. The van der Waals surface area contributed by atoms with E-state index in [1.165, 1.54) is 6.33 Å². The average Bonchev–Trinajstić information content (AvgIpc) is 2.55. The van der Waals surface area contributed by atoms with Crippen LogP contribution in [0.5, 0.6) is 0 Å². The number of carbonyl (C=O) groups is 1. The summed E-state index contributed by atoms with van der Waals surface area (Å²) in [5, 5.41) is 5.99. The van der Waals surface area contributed by atoms with E-state index in [-0.39, 0.29) is 5.91 Å². The van der Waals surface area contributed by atoms with Crippen molar-refractivity contribution < 1.29 is 4.79 Å². The van der Waals surface area contributed by atoms with Crippen LogP contribution in [0.4, 0.5) is 17.2 Å². The minimum atomic E-state index is -0.289. The van der Waals surface area contributed by atoms with Crippen molar-refractivity contribution in [2.45, 2.75) is 6.92 Å². The van der Waals surface area contributed by atoms with Gasteiger partial charge < -0.3 is 10.6 Å². The van der Waals surface area contributed by atoms with E-state index in [9.17, 15) is 4.79 Å². The molecule has 3 aromatic rings. The second-order valence-electron chi connectivity index (χ2n) is 5.25. The van der Waals surface area contributed by atoms with E-state index in [0.717, 1.165) is 15.7 Å². The van der Waals surface area contributed by atoms with Crippen LogP contribution in [0, 0.1) is 6.92 Å². The van der Waals surface area contributed by atoms with Crippen molar-refractivity contribution in [3.8, 4) is 0 Å². The lowest BCUT2D eigenvalue weighted by Gasteiger charge is -2.08. The van der Waals surface area contributed by atoms with Gasteiger partial charge in [0.2, 0.25) is 0 Å². The highest BCUT2D eigenvalue weighted by atomic mass is 79.9. The molecule has 120 valence electrons. The van der Waals surface area contributed by atoms with E-state index >= 15 is 0 Å². The number of aryl methyl sites for hydroxylation is 1. The number of amides is 1. The molecule has 0 aliphatic heterocycles. The highest BCUT2D eigenvalue weighted by Gasteiger charge is 2.09. The summed E-state index contributed by atoms with van der Waals surface area (Å²) in [4.78, 5) is 20.5. The summed E-state index contributed by atoms with van der Waals surface area (Å²) < 4.78 is 0.893. The normalized spacial score (nSPS) is 10.2. The SMILES string of the molecule is Cc1cccc(Nc2cc(C(=O)Nc3cccc(Br)c3)ncn2)c1. The number of benzene rings is 2. The minimum Gasteiger partial charge on any atom is -0.340 e. The van der Waals surface area contributed by atoms with Crippen molar-refractivity contribution in [2.24, 2.45) is 0 Å². The largest absolute Gasteiger partial charge is 0.340 e. The number of hydrogen-bond acceptors (Lipinski definition) is 4. The summed E-state index contributed by atoms with van der Waals surface area (Å²) in [6, 6.07) is 16.9. The standard InChI is InChI=1S/C18H15BrN4O/c1-12-4-2-6-14(8-12)22-17-10-16(20-11-21-17)18(24)23-15-7-3-5-13(19)9-15/h2-11H,1H3,(H,23,24)(H,20,21,22). The van der Waals surface area contributed by atoms with Crippen LogP contribution in [0.2, 0.25) is 0 Å². The van der Waals surface area contributed by atoms with E-state index < -0.39 is 0 Å². The number of carbonyl (C=O) groups excluding carboxylic acids is 1. The second-order valence-corrected chi connectivity index (χ2v) is 6.16. The smallest absolute Gasteiger partial charge is 0.274 e. The van der Waals surface area contributed by atoms with Crippen molar-refractivity contribution in [3.05, 3.63) is 76.7 Å². The molecule has 6 heteroatoms. The maximum absolute atomic E-state index is 12.3. The first kappa shape index (κ1) is 16.1. The lowest BCUT2D eigenvalue weighted by Crippen LogP contribution is -2.14. The van der Waals surface area contributed by atoms with Crippen LogP contribution in [0.15, 0.2) is 65.4 Å². The first-order chi connectivity index (χ1) is 11.6. The molecular weight excluding hydrogens is 368 g/mol. The molecule has 24 heavy (non-hydrogen) atoms. The zero-order chi connectivity index (χ0) is 16.9. The lowest BCUT2D eigenvalue weighted by atomic mass is 10.2. The van der Waals surface area contributed by atoms with Crippen molar-refractivity contribution in [2.75, 3.05) is 10.6 Å². The summed E-state index contributed by atoms with van der Waals surface area (Å²) in [6.07, 6.45) is 1.37. The van der Waals surface area contributed by atoms with Gasteiger partial charge in [-0.05, 0) is 42.8 Å². The van der Waals surface area contributed by atoms with Crippen molar-refractivity contribution >= 4 is 39.0 Å². The monoisotopic (exact) mass is 382 g/mol. The molecule has 2 N–H and O–H groups in total. The van der Waals surface area contributed by atoms with Crippen LogP contribution in [0.25, 0.3) is 0 Å². The quantitative estimate of drug-likeness (QED) is 0.694. The molecule has 0 bridgehead atoms. The Morgan fingerprint density at radius 3 is 2.58 bits per heavy atom. The number of halogens is 1. The topological polar surface area (TPSA) is 66.9 Å². The molecule has 2 aromatic carbocycles. The predicted octanol–water partition coefficient (Wildman–Crippen LogP) is 4.54. The Morgan fingerprint density at radius 2 is 1.79 bits per heavy atom. The van der Waals surface area contributed by atoms with Gasteiger partial charge in [0.1, 0.15) is 17.8 Å². The van der Waals surface area contributed by atoms with Gasteiger partial charge in [-0.25, -0.2) is 9.97 Å². The Balaban J connectivity index is 1.76. The number of rotatable bonds is 4. The van der Waals surface area contributed by atoms with Crippen molar-refractivity contribution in [1.82, 2.24) is 9.97 Å². The van der Waals surface area contributed by atoms with Gasteiger partial charge in [-0.1, -0.05) is 34.1 Å². The fourth-order valence-corrected chi connectivity index (χ4v) is 2.58. The van der Waals surface area contributed by atoms with Gasteiger partial charge in [0, 0.05) is 21.9 Å². The molecule has 1 heterocycles. The Labute approximate surface area is 148 Å². The molecule has 0 aliphatic carbocycles. The highest BCUT2D eigenvalue weighted by molar-refractivity contribution is 9.10. The average molecular weight is 383 g/mol. The Hall–Kier alpha value is -2.73. The second kappa shape index (κ2) is 7.23. The number of hydrogen-bond donors (Lipinski definition) is 2. The van der Waals surface area contributed by atoms with Crippen molar-refractivity contribution in [1.29, 1.82) is 0 Å². The summed E-state index contributed by atoms with van der Waals surface area (Å²) in [6.45, 7) is 2.02. The van der Waals surface area contributed by atoms with Gasteiger partial charge in [0.05, 0.1) is 0 Å². The van der Waals surface area contributed by atoms with Gasteiger partial charge in [-0.2, -0.15) is 0 Å².